The highest BCUT2D eigenvalue weighted by molar-refractivity contribution is 5.86. The molecule has 0 spiro atoms. The molecule has 0 saturated carbocycles. The molecule has 0 fully saturated rings. The Hall–Kier alpha value is -2.02. The van der Waals surface area contributed by atoms with Crippen LogP contribution in [0.15, 0.2) is 18.2 Å². The van der Waals surface area contributed by atoms with Crippen LogP contribution < -0.4 is 5.32 Å². The van der Waals surface area contributed by atoms with E-state index in [9.17, 15) is 18.4 Å². The molecule has 0 heterocycles. The lowest BCUT2D eigenvalue weighted by Crippen LogP contribution is -2.55. The standard InChI is InChI=1S/C14H17F2NO4/c1-14(8-21-2,13(19)20)17-12(18)6-3-9-7-10(15)4-5-11(9)16/h4-5,7H,3,6,8H2,1-2H3,(H,17,18)(H,19,20). The van der Waals surface area contributed by atoms with Gasteiger partial charge in [0.2, 0.25) is 5.91 Å². The van der Waals surface area contributed by atoms with E-state index < -0.39 is 29.0 Å². The number of hydrogen-bond donors (Lipinski definition) is 2. The maximum absolute atomic E-state index is 13.4. The molecule has 1 unspecified atom stereocenters. The second-order valence-corrected chi connectivity index (χ2v) is 4.85. The summed E-state index contributed by atoms with van der Waals surface area (Å²) in [6, 6.07) is 2.97. The van der Waals surface area contributed by atoms with Crippen LogP contribution >= 0.6 is 0 Å². The van der Waals surface area contributed by atoms with E-state index in [-0.39, 0.29) is 25.0 Å². The van der Waals surface area contributed by atoms with Gasteiger partial charge in [0.05, 0.1) is 6.61 Å². The number of hydrogen-bond acceptors (Lipinski definition) is 3. The summed E-state index contributed by atoms with van der Waals surface area (Å²) >= 11 is 0. The second kappa shape index (κ2) is 7.12. The van der Waals surface area contributed by atoms with Gasteiger partial charge in [0, 0.05) is 13.5 Å². The van der Waals surface area contributed by atoms with Gasteiger partial charge in [-0.05, 0) is 37.1 Å². The number of aliphatic carboxylic acids is 1. The Bertz CT molecular complexity index is 536. The third-order valence-corrected chi connectivity index (χ3v) is 2.95. The lowest BCUT2D eigenvalue weighted by atomic mass is 10.0. The molecule has 0 bridgehead atoms. The van der Waals surface area contributed by atoms with Crippen molar-refractivity contribution in [2.45, 2.75) is 25.3 Å². The topological polar surface area (TPSA) is 75.6 Å². The molecule has 21 heavy (non-hydrogen) atoms. The number of benzene rings is 1. The van der Waals surface area contributed by atoms with Gasteiger partial charge in [0.25, 0.3) is 0 Å². The van der Waals surface area contributed by atoms with Crippen molar-refractivity contribution in [1.82, 2.24) is 5.32 Å². The first kappa shape index (κ1) is 17.0. The molecule has 7 heteroatoms. The van der Waals surface area contributed by atoms with Gasteiger partial charge in [-0.3, -0.25) is 4.79 Å². The van der Waals surface area contributed by atoms with Crippen molar-refractivity contribution in [3.8, 4) is 0 Å². The number of rotatable bonds is 7. The van der Waals surface area contributed by atoms with Gasteiger partial charge >= 0.3 is 5.97 Å². The molecule has 0 aliphatic carbocycles. The molecule has 0 aromatic heterocycles. The Morgan fingerprint density at radius 3 is 2.62 bits per heavy atom. The molecule has 1 atom stereocenters. The molecule has 116 valence electrons. The van der Waals surface area contributed by atoms with Gasteiger partial charge in [0.1, 0.15) is 11.6 Å². The average Bonchev–Trinajstić information content (AvgIpc) is 2.40. The van der Waals surface area contributed by atoms with Crippen LogP contribution in [0.4, 0.5) is 8.78 Å². The first-order valence-electron chi connectivity index (χ1n) is 6.26. The minimum absolute atomic E-state index is 0.0297. The van der Waals surface area contributed by atoms with Gasteiger partial charge < -0.3 is 15.2 Å². The molecule has 0 aliphatic heterocycles. The predicted octanol–water partition coefficient (Wildman–Crippen LogP) is 1.50. The van der Waals surface area contributed by atoms with Crippen molar-refractivity contribution >= 4 is 11.9 Å². The van der Waals surface area contributed by atoms with E-state index >= 15 is 0 Å². The van der Waals surface area contributed by atoms with E-state index in [0.29, 0.717) is 0 Å². The summed E-state index contributed by atoms with van der Waals surface area (Å²) in [5, 5.41) is 11.4. The summed E-state index contributed by atoms with van der Waals surface area (Å²) in [5.41, 5.74) is -1.50. The highest BCUT2D eigenvalue weighted by atomic mass is 19.1. The number of carboxylic acids is 1. The molecular weight excluding hydrogens is 284 g/mol. The number of aryl methyl sites for hydroxylation is 1. The molecule has 5 nitrogen and oxygen atoms in total. The Morgan fingerprint density at radius 2 is 2.05 bits per heavy atom. The maximum Gasteiger partial charge on any atom is 0.331 e. The van der Waals surface area contributed by atoms with E-state index in [1.54, 1.807) is 0 Å². The summed E-state index contributed by atoms with van der Waals surface area (Å²) in [6.45, 7) is 1.10. The van der Waals surface area contributed by atoms with Crippen LogP contribution in [0.5, 0.6) is 0 Å². The SMILES string of the molecule is COCC(C)(NC(=O)CCc1cc(F)ccc1F)C(=O)O. The van der Waals surface area contributed by atoms with Gasteiger partial charge in [-0.1, -0.05) is 0 Å². The third-order valence-electron chi connectivity index (χ3n) is 2.95. The summed E-state index contributed by atoms with van der Waals surface area (Å²) in [5.74, 6) is -3.03. The number of amides is 1. The van der Waals surface area contributed by atoms with Crippen LogP contribution in [0.1, 0.15) is 18.9 Å². The number of methoxy groups -OCH3 is 1. The molecule has 1 aromatic rings. The first-order chi connectivity index (χ1) is 9.78. The zero-order valence-corrected chi connectivity index (χ0v) is 11.8. The molecule has 0 radical (unpaired) electrons. The number of carbonyl (C=O) groups excluding carboxylic acids is 1. The lowest BCUT2D eigenvalue weighted by molar-refractivity contribution is -0.149. The van der Waals surface area contributed by atoms with Crippen LogP contribution in [0.3, 0.4) is 0 Å². The maximum atomic E-state index is 13.4. The van der Waals surface area contributed by atoms with Crippen LogP contribution in [0.2, 0.25) is 0 Å². The second-order valence-electron chi connectivity index (χ2n) is 4.85. The molecule has 1 amide bonds. The van der Waals surface area contributed by atoms with Gasteiger partial charge in [-0.15, -0.1) is 0 Å². The Morgan fingerprint density at radius 1 is 1.38 bits per heavy atom. The van der Waals surface area contributed by atoms with Crippen LogP contribution in [0, 0.1) is 11.6 Å². The first-order valence-corrected chi connectivity index (χ1v) is 6.26. The minimum Gasteiger partial charge on any atom is -0.479 e. The van der Waals surface area contributed by atoms with E-state index in [2.05, 4.69) is 5.32 Å². The fourth-order valence-corrected chi connectivity index (χ4v) is 1.79. The van der Waals surface area contributed by atoms with Crippen molar-refractivity contribution < 1.29 is 28.2 Å². The van der Waals surface area contributed by atoms with Gasteiger partial charge in [-0.2, -0.15) is 0 Å². The largest absolute Gasteiger partial charge is 0.479 e. The predicted molar refractivity (Wildman–Crippen MR) is 70.7 cm³/mol. The number of carbonyl (C=O) groups is 2. The lowest BCUT2D eigenvalue weighted by Gasteiger charge is -2.25. The number of ether oxygens (including phenoxy) is 1. The van der Waals surface area contributed by atoms with Crippen LogP contribution in [-0.4, -0.2) is 36.2 Å². The Balaban J connectivity index is 2.65. The van der Waals surface area contributed by atoms with Crippen molar-refractivity contribution in [3.05, 3.63) is 35.4 Å². The van der Waals surface area contributed by atoms with Crippen molar-refractivity contribution in [2.24, 2.45) is 0 Å². The van der Waals surface area contributed by atoms with Crippen molar-refractivity contribution in [1.29, 1.82) is 0 Å². The summed E-state index contributed by atoms with van der Waals surface area (Å²) < 4.78 is 31.1. The van der Waals surface area contributed by atoms with E-state index in [1.165, 1.54) is 14.0 Å². The normalized spacial score (nSPS) is 13.5. The number of carboxylic acid groups (broad SMARTS) is 1. The summed E-state index contributed by atoms with van der Waals surface area (Å²) in [4.78, 5) is 22.9. The third kappa shape index (κ3) is 4.78. The van der Waals surface area contributed by atoms with E-state index in [1.807, 2.05) is 0 Å². The van der Waals surface area contributed by atoms with Crippen molar-refractivity contribution in [2.75, 3.05) is 13.7 Å². The van der Waals surface area contributed by atoms with Crippen molar-refractivity contribution in [3.63, 3.8) is 0 Å². The van der Waals surface area contributed by atoms with Crippen LogP contribution in [-0.2, 0) is 20.7 Å². The fraction of sp³-hybridized carbons (Fsp3) is 0.429. The van der Waals surface area contributed by atoms with E-state index in [4.69, 9.17) is 9.84 Å². The molecule has 0 aliphatic rings. The Labute approximate surface area is 120 Å². The molecular formula is C14H17F2NO4. The molecule has 1 rings (SSSR count). The monoisotopic (exact) mass is 301 g/mol. The zero-order valence-electron chi connectivity index (χ0n) is 11.8. The average molecular weight is 301 g/mol. The summed E-state index contributed by atoms with van der Waals surface area (Å²) in [7, 11) is 1.31. The van der Waals surface area contributed by atoms with Gasteiger partial charge in [-0.25, -0.2) is 13.6 Å². The smallest absolute Gasteiger partial charge is 0.331 e. The molecule has 0 saturated heterocycles. The fourth-order valence-electron chi connectivity index (χ4n) is 1.79. The van der Waals surface area contributed by atoms with Crippen LogP contribution in [0.25, 0.3) is 0 Å². The molecule has 2 N–H and O–H groups in total. The highest BCUT2D eigenvalue weighted by Gasteiger charge is 2.34. The minimum atomic E-state index is -1.56. The zero-order chi connectivity index (χ0) is 16.0. The number of halogens is 2. The highest BCUT2D eigenvalue weighted by Crippen LogP contribution is 2.12. The van der Waals surface area contributed by atoms with E-state index in [0.717, 1.165) is 18.2 Å². The number of nitrogens with one attached hydrogen (secondary N) is 1. The van der Waals surface area contributed by atoms with Gasteiger partial charge in [0.15, 0.2) is 5.54 Å². The Kier molecular flexibility index (Phi) is 5.78. The molecule has 1 aromatic carbocycles. The quantitative estimate of drug-likeness (QED) is 0.800. The summed E-state index contributed by atoms with van der Waals surface area (Å²) in [6.07, 6.45) is -0.189.